The Labute approximate surface area is 148 Å². The van der Waals surface area contributed by atoms with Gasteiger partial charge in [0.15, 0.2) is 5.76 Å². The number of carbonyl (C=O) groups is 1. The highest BCUT2D eigenvalue weighted by Crippen LogP contribution is 2.31. The molecule has 0 bridgehead atoms. The fourth-order valence-electron chi connectivity index (χ4n) is 3.29. The maximum atomic E-state index is 12.8. The normalized spacial score (nSPS) is 17.8. The quantitative estimate of drug-likeness (QED) is 0.916. The van der Waals surface area contributed by atoms with Gasteiger partial charge in [0.2, 0.25) is 0 Å². The molecule has 1 fully saturated rings. The molecule has 1 aliphatic rings. The van der Waals surface area contributed by atoms with Crippen molar-refractivity contribution in [1.29, 1.82) is 0 Å². The Hall–Kier alpha value is -2.50. The van der Waals surface area contributed by atoms with Crippen LogP contribution in [0.25, 0.3) is 0 Å². The fraction of sp³-hybridized carbons (Fsp3) is 0.474. The third kappa shape index (κ3) is 4.32. The Bertz CT molecular complexity index is 696. The van der Waals surface area contributed by atoms with Gasteiger partial charge in [-0.1, -0.05) is 30.1 Å². The van der Waals surface area contributed by atoms with E-state index in [-0.39, 0.29) is 12.1 Å². The Morgan fingerprint density at radius 2 is 2.12 bits per heavy atom. The van der Waals surface area contributed by atoms with Gasteiger partial charge in [-0.15, -0.1) is 0 Å². The van der Waals surface area contributed by atoms with Gasteiger partial charge in [-0.05, 0) is 37.5 Å². The van der Waals surface area contributed by atoms with E-state index in [0.717, 1.165) is 49.2 Å². The number of methoxy groups -OCH3 is 1. The number of amides is 2. The molecule has 2 amide bonds. The SMILES string of the molecule is COc1ccc(C2CCCCCN2C(=O)NCc2cc(C)no2)cc1. The van der Waals surface area contributed by atoms with E-state index in [1.165, 1.54) is 0 Å². The number of aromatic nitrogens is 1. The van der Waals surface area contributed by atoms with Crippen molar-refractivity contribution >= 4 is 6.03 Å². The van der Waals surface area contributed by atoms with Crippen molar-refractivity contribution in [3.8, 4) is 5.75 Å². The van der Waals surface area contributed by atoms with E-state index in [1.54, 1.807) is 7.11 Å². The van der Waals surface area contributed by atoms with Crippen LogP contribution in [-0.2, 0) is 6.54 Å². The van der Waals surface area contributed by atoms with Gasteiger partial charge >= 0.3 is 6.03 Å². The first-order chi connectivity index (χ1) is 12.2. The molecule has 1 saturated heterocycles. The van der Waals surface area contributed by atoms with Gasteiger partial charge in [0, 0.05) is 12.6 Å². The molecular formula is C19H25N3O3. The lowest BCUT2D eigenvalue weighted by molar-refractivity contribution is 0.174. The lowest BCUT2D eigenvalue weighted by atomic mass is 10.0. The highest BCUT2D eigenvalue weighted by atomic mass is 16.5. The van der Waals surface area contributed by atoms with Crippen LogP contribution in [0.5, 0.6) is 5.75 Å². The number of benzene rings is 1. The maximum Gasteiger partial charge on any atom is 0.318 e. The van der Waals surface area contributed by atoms with Crippen LogP contribution in [0.2, 0.25) is 0 Å². The van der Waals surface area contributed by atoms with Crippen molar-refractivity contribution in [1.82, 2.24) is 15.4 Å². The summed E-state index contributed by atoms with van der Waals surface area (Å²) in [5.74, 6) is 1.50. The summed E-state index contributed by atoms with van der Waals surface area (Å²) in [7, 11) is 1.66. The Morgan fingerprint density at radius 3 is 2.80 bits per heavy atom. The van der Waals surface area contributed by atoms with E-state index in [2.05, 4.69) is 22.6 Å². The molecule has 25 heavy (non-hydrogen) atoms. The molecule has 6 heteroatoms. The minimum absolute atomic E-state index is 0.0585. The summed E-state index contributed by atoms with van der Waals surface area (Å²) in [4.78, 5) is 14.7. The first-order valence-electron chi connectivity index (χ1n) is 8.78. The molecule has 6 nitrogen and oxygen atoms in total. The summed E-state index contributed by atoms with van der Waals surface area (Å²) in [6.07, 6.45) is 4.28. The topological polar surface area (TPSA) is 67.6 Å². The fourth-order valence-corrected chi connectivity index (χ4v) is 3.29. The number of hydrogen-bond donors (Lipinski definition) is 1. The van der Waals surface area contributed by atoms with E-state index in [9.17, 15) is 4.79 Å². The third-order valence-corrected chi connectivity index (χ3v) is 4.60. The van der Waals surface area contributed by atoms with Crippen LogP contribution in [0.15, 0.2) is 34.9 Å². The van der Waals surface area contributed by atoms with Crippen molar-refractivity contribution in [2.24, 2.45) is 0 Å². The zero-order valence-electron chi connectivity index (χ0n) is 14.8. The van der Waals surface area contributed by atoms with Gasteiger partial charge in [-0.3, -0.25) is 0 Å². The lowest BCUT2D eigenvalue weighted by Crippen LogP contribution is -2.41. The monoisotopic (exact) mass is 343 g/mol. The minimum atomic E-state index is -0.0585. The second-order valence-electron chi connectivity index (χ2n) is 6.42. The van der Waals surface area contributed by atoms with Crippen molar-refractivity contribution in [3.05, 3.63) is 47.3 Å². The first kappa shape index (κ1) is 17.3. The molecule has 2 heterocycles. The van der Waals surface area contributed by atoms with Crippen LogP contribution in [0, 0.1) is 6.92 Å². The van der Waals surface area contributed by atoms with Crippen molar-refractivity contribution in [2.75, 3.05) is 13.7 Å². The molecule has 1 unspecified atom stereocenters. The van der Waals surface area contributed by atoms with Gasteiger partial charge in [0.25, 0.3) is 0 Å². The predicted molar refractivity (Wildman–Crippen MR) is 94.4 cm³/mol. The van der Waals surface area contributed by atoms with Gasteiger partial charge in [0.1, 0.15) is 5.75 Å². The Kier molecular flexibility index (Phi) is 5.58. The average molecular weight is 343 g/mol. The van der Waals surface area contributed by atoms with Crippen molar-refractivity contribution in [2.45, 2.75) is 45.2 Å². The summed E-state index contributed by atoms with van der Waals surface area (Å²) in [6, 6.07) is 9.87. The summed E-state index contributed by atoms with van der Waals surface area (Å²) < 4.78 is 10.4. The number of aryl methyl sites for hydroxylation is 1. The van der Waals surface area contributed by atoms with Crippen LogP contribution in [0.4, 0.5) is 4.79 Å². The molecule has 1 aromatic heterocycles. The van der Waals surface area contributed by atoms with Crippen LogP contribution in [-0.4, -0.2) is 29.7 Å². The highest BCUT2D eigenvalue weighted by Gasteiger charge is 2.26. The smallest absolute Gasteiger partial charge is 0.318 e. The second kappa shape index (κ2) is 8.05. The molecule has 1 aromatic carbocycles. The minimum Gasteiger partial charge on any atom is -0.497 e. The van der Waals surface area contributed by atoms with Gasteiger partial charge in [-0.25, -0.2) is 4.79 Å². The molecule has 1 aliphatic heterocycles. The van der Waals surface area contributed by atoms with Crippen LogP contribution >= 0.6 is 0 Å². The molecule has 1 atom stereocenters. The number of nitrogens with one attached hydrogen (secondary N) is 1. The predicted octanol–water partition coefficient (Wildman–Crippen LogP) is 3.82. The number of likely N-dealkylation sites (tertiary alicyclic amines) is 1. The number of nitrogens with zero attached hydrogens (tertiary/aromatic N) is 2. The summed E-state index contributed by atoms with van der Waals surface area (Å²) >= 11 is 0. The molecule has 0 radical (unpaired) electrons. The summed E-state index contributed by atoms with van der Waals surface area (Å²) in [6.45, 7) is 2.98. The summed E-state index contributed by atoms with van der Waals surface area (Å²) in [5.41, 5.74) is 1.96. The molecule has 1 N–H and O–H groups in total. The van der Waals surface area contributed by atoms with E-state index in [0.29, 0.717) is 12.3 Å². The number of carbonyl (C=O) groups excluding carboxylic acids is 1. The van der Waals surface area contributed by atoms with Gasteiger partial charge < -0.3 is 19.5 Å². The Balaban J connectivity index is 1.71. The molecule has 134 valence electrons. The van der Waals surface area contributed by atoms with E-state index in [4.69, 9.17) is 9.26 Å². The molecule has 3 rings (SSSR count). The number of ether oxygens (including phenoxy) is 1. The first-order valence-corrected chi connectivity index (χ1v) is 8.78. The molecule has 0 spiro atoms. The molecule has 0 saturated carbocycles. The van der Waals surface area contributed by atoms with E-state index in [1.807, 2.05) is 30.0 Å². The molecule has 2 aromatic rings. The third-order valence-electron chi connectivity index (χ3n) is 4.60. The molecular weight excluding hydrogens is 318 g/mol. The zero-order chi connectivity index (χ0) is 17.6. The van der Waals surface area contributed by atoms with Crippen LogP contribution in [0.1, 0.15) is 48.7 Å². The van der Waals surface area contributed by atoms with Crippen molar-refractivity contribution < 1.29 is 14.1 Å². The number of rotatable bonds is 4. The van der Waals surface area contributed by atoms with Gasteiger partial charge in [-0.2, -0.15) is 0 Å². The van der Waals surface area contributed by atoms with Crippen molar-refractivity contribution in [3.63, 3.8) is 0 Å². The second-order valence-corrected chi connectivity index (χ2v) is 6.42. The maximum absolute atomic E-state index is 12.8. The Morgan fingerprint density at radius 1 is 1.32 bits per heavy atom. The average Bonchev–Trinajstić information content (AvgIpc) is 2.90. The largest absolute Gasteiger partial charge is 0.497 e. The van der Waals surface area contributed by atoms with E-state index < -0.39 is 0 Å². The highest BCUT2D eigenvalue weighted by molar-refractivity contribution is 5.74. The van der Waals surface area contributed by atoms with Gasteiger partial charge in [0.05, 0.1) is 25.4 Å². The number of urea groups is 1. The standard InChI is InChI=1S/C19H25N3O3/c1-14-12-17(25-21-14)13-20-19(23)22-11-5-3-4-6-18(22)15-7-9-16(24-2)10-8-15/h7-10,12,18H,3-6,11,13H2,1-2H3,(H,20,23). The molecule has 0 aliphatic carbocycles. The summed E-state index contributed by atoms with van der Waals surface area (Å²) in [5, 5.41) is 6.81. The van der Waals surface area contributed by atoms with E-state index >= 15 is 0 Å². The van der Waals surface area contributed by atoms with Crippen LogP contribution < -0.4 is 10.1 Å². The van der Waals surface area contributed by atoms with Crippen LogP contribution in [0.3, 0.4) is 0 Å². The number of hydrogen-bond acceptors (Lipinski definition) is 4. The zero-order valence-corrected chi connectivity index (χ0v) is 14.8. The lowest BCUT2D eigenvalue weighted by Gasteiger charge is -2.30.